The summed E-state index contributed by atoms with van der Waals surface area (Å²) in [6.07, 6.45) is 1.83. The van der Waals surface area contributed by atoms with Gasteiger partial charge in [-0.2, -0.15) is 5.10 Å². The lowest BCUT2D eigenvalue weighted by Gasteiger charge is -2.12. The molecular weight excluding hydrogens is 392 g/mol. The van der Waals surface area contributed by atoms with Crippen molar-refractivity contribution in [3.8, 4) is 11.5 Å². The van der Waals surface area contributed by atoms with Crippen LogP contribution in [0.25, 0.3) is 0 Å². The van der Waals surface area contributed by atoms with Gasteiger partial charge in [0.05, 0.1) is 30.2 Å². The van der Waals surface area contributed by atoms with E-state index >= 15 is 0 Å². The smallest absolute Gasteiger partial charge is 0.244 e. The van der Waals surface area contributed by atoms with Crippen LogP contribution in [0.3, 0.4) is 0 Å². The normalized spacial score (nSPS) is 17.9. The Kier molecular flexibility index (Phi) is 6.87. The fraction of sp³-hybridized carbons (Fsp3) is 0.333. The number of sulfone groups is 1. The molecule has 1 atom stereocenters. The quantitative estimate of drug-likeness (QED) is 0.527. The van der Waals surface area contributed by atoms with Gasteiger partial charge in [0.15, 0.2) is 21.3 Å². The van der Waals surface area contributed by atoms with Crippen LogP contribution in [0, 0.1) is 5.92 Å². The van der Waals surface area contributed by atoms with Crippen molar-refractivity contribution < 1.29 is 22.7 Å². The predicted molar refractivity (Wildman–Crippen MR) is 111 cm³/mol. The van der Waals surface area contributed by atoms with Crippen LogP contribution in [0.1, 0.15) is 24.5 Å². The molecule has 1 saturated heterocycles. The first-order valence-corrected chi connectivity index (χ1v) is 11.3. The highest BCUT2D eigenvalue weighted by molar-refractivity contribution is 7.91. The molecule has 2 aromatic carbocycles. The predicted octanol–water partition coefficient (Wildman–Crippen LogP) is 2.55. The van der Waals surface area contributed by atoms with Gasteiger partial charge in [-0.05, 0) is 42.7 Å². The Labute approximate surface area is 170 Å². The van der Waals surface area contributed by atoms with Crippen molar-refractivity contribution in [3.05, 3.63) is 59.7 Å². The van der Waals surface area contributed by atoms with Gasteiger partial charge < -0.3 is 9.47 Å². The summed E-state index contributed by atoms with van der Waals surface area (Å²) in [7, 11) is -3.10. The Balaban J connectivity index is 1.61. The van der Waals surface area contributed by atoms with Crippen LogP contribution < -0.4 is 14.9 Å². The van der Waals surface area contributed by atoms with Crippen LogP contribution in [0.15, 0.2) is 53.6 Å². The van der Waals surface area contributed by atoms with Crippen LogP contribution in [0.4, 0.5) is 0 Å². The van der Waals surface area contributed by atoms with Gasteiger partial charge in [-0.3, -0.25) is 4.79 Å². The number of hydrogen-bond acceptors (Lipinski definition) is 6. The third-order valence-electron chi connectivity index (χ3n) is 4.50. The number of carbonyl (C=O) groups is 1. The summed E-state index contributed by atoms with van der Waals surface area (Å²) in [5, 5.41) is 3.94. The molecule has 1 amide bonds. The van der Waals surface area contributed by atoms with Crippen LogP contribution in [0.5, 0.6) is 11.5 Å². The molecule has 0 bridgehead atoms. The van der Waals surface area contributed by atoms with Crippen LogP contribution in [-0.2, 0) is 21.2 Å². The molecule has 7 nitrogen and oxygen atoms in total. The molecule has 1 fully saturated rings. The van der Waals surface area contributed by atoms with Crippen molar-refractivity contribution in [1.29, 1.82) is 0 Å². The zero-order valence-corrected chi connectivity index (χ0v) is 17.0. The van der Waals surface area contributed by atoms with Gasteiger partial charge in [0.25, 0.3) is 0 Å². The lowest BCUT2D eigenvalue weighted by Crippen LogP contribution is -2.27. The number of hydrogen-bond donors (Lipinski definition) is 1. The molecule has 0 saturated carbocycles. The Hall–Kier alpha value is -2.87. The van der Waals surface area contributed by atoms with Crippen molar-refractivity contribution in [2.75, 3.05) is 18.1 Å². The van der Waals surface area contributed by atoms with Gasteiger partial charge in [-0.25, -0.2) is 13.8 Å². The van der Waals surface area contributed by atoms with Crippen molar-refractivity contribution in [2.24, 2.45) is 11.0 Å². The number of nitrogens with zero attached hydrogens (tertiary/aromatic N) is 1. The fourth-order valence-corrected chi connectivity index (χ4v) is 4.73. The van der Waals surface area contributed by atoms with Crippen molar-refractivity contribution in [2.45, 2.75) is 20.0 Å². The van der Waals surface area contributed by atoms with Crippen LogP contribution >= 0.6 is 0 Å². The molecule has 1 unspecified atom stereocenters. The summed E-state index contributed by atoms with van der Waals surface area (Å²) in [4.78, 5) is 12.0. The average molecular weight is 416 g/mol. The first-order valence-electron chi connectivity index (χ1n) is 9.44. The number of amides is 1. The van der Waals surface area contributed by atoms with Crippen molar-refractivity contribution in [3.63, 3.8) is 0 Å². The van der Waals surface area contributed by atoms with Gasteiger partial charge in [-0.1, -0.05) is 30.3 Å². The molecule has 0 aliphatic carbocycles. The van der Waals surface area contributed by atoms with Gasteiger partial charge in [-0.15, -0.1) is 0 Å². The van der Waals surface area contributed by atoms with E-state index in [0.29, 0.717) is 31.1 Å². The fourth-order valence-electron chi connectivity index (χ4n) is 2.99. The van der Waals surface area contributed by atoms with Crippen molar-refractivity contribution in [1.82, 2.24) is 5.43 Å². The minimum atomic E-state index is -3.10. The maximum atomic E-state index is 12.0. The molecule has 1 aliphatic rings. The Morgan fingerprint density at radius 3 is 2.66 bits per heavy atom. The molecule has 8 heteroatoms. The largest absolute Gasteiger partial charge is 0.490 e. The Morgan fingerprint density at radius 1 is 1.17 bits per heavy atom. The monoisotopic (exact) mass is 416 g/mol. The number of hydrazone groups is 1. The Bertz CT molecular complexity index is 974. The molecule has 2 aromatic rings. The number of ether oxygens (including phenoxy) is 2. The number of nitrogens with one attached hydrogen (secondary N) is 1. The topological polar surface area (TPSA) is 94.1 Å². The van der Waals surface area contributed by atoms with E-state index in [1.807, 2.05) is 37.3 Å². The van der Waals surface area contributed by atoms with E-state index in [1.54, 1.807) is 18.2 Å². The van der Waals surface area contributed by atoms with Gasteiger partial charge in [0.2, 0.25) is 5.91 Å². The highest BCUT2D eigenvalue weighted by atomic mass is 32.2. The summed E-state index contributed by atoms with van der Waals surface area (Å²) in [6.45, 7) is 2.79. The maximum absolute atomic E-state index is 12.0. The molecule has 1 aliphatic heterocycles. The van der Waals surface area contributed by atoms with E-state index in [2.05, 4.69) is 10.5 Å². The van der Waals surface area contributed by atoms with E-state index < -0.39 is 15.8 Å². The summed E-state index contributed by atoms with van der Waals surface area (Å²) in [5.41, 5.74) is 4.19. The lowest BCUT2D eigenvalue weighted by atomic mass is 10.1. The van der Waals surface area contributed by atoms with Gasteiger partial charge >= 0.3 is 0 Å². The first kappa shape index (κ1) is 20.9. The molecule has 0 aromatic heterocycles. The standard InChI is InChI=1S/C21H24N2O5S/c1-2-27-20-12-17(8-9-19(20)28-14-16-6-4-3-5-7-16)13-22-23-21(24)18-10-11-29(25,26)15-18/h3-9,12-13,18H,2,10-11,14-15H2,1H3,(H,23,24). The second kappa shape index (κ2) is 9.56. The molecule has 1 heterocycles. The second-order valence-corrected chi connectivity index (χ2v) is 8.98. The highest BCUT2D eigenvalue weighted by Gasteiger charge is 2.32. The molecule has 3 rings (SSSR count). The summed E-state index contributed by atoms with van der Waals surface area (Å²) in [5.74, 6) is 0.224. The third kappa shape index (κ3) is 6.05. The first-order chi connectivity index (χ1) is 14.0. The molecule has 29 heavy (non-hydrogen) atoms. The second-order valence-electron chi connectivity index (χ2n) is 6.75. The zero-order chi connectivity index (χ0) is 20.7. The highest BCUT2D eigenvalue weighted by Crippen LogP contribution is 2.29. The molecule has 0 radical (unpaired) electrons. The van der Waals surface area contributed by atoms with Crippen molar-refractivity contribution >= 4 is 22.0 Å². The van der Waals surface area contributed by atoms with Gasteiger partial charge in [0, 0.05) is 0 Å². The minimum Gasteiger partial charge on any atom is -0.490 e. The lowest BCUT2D eigenvalue weighted by molar-refractivity contribution is -0.124. The van der Waals surface area contributed by atoms with E-state index in [-0.39, 0.29) is 17.4 Å². The molecule has 154 valence electrons. The van der Waals surface area contributed by atoms with Crippen LogP contribution in [-0.4, -0.2) is 38.7 Å². The minimum absolute atomic E-state index is 0.0525. The molecular formula is C21H24N2O5S. The maximum Gasteiger partial charge on any atom is 0.244 e. The summed E-state index contributed by atoms with van der Waals surface area (Å²) in [6, 6.07) is 15.2. The average Bonchev–Trinajstić information content (AvgIpc) is 3.08. The summed E-state index contributed by atoms with van der Waals surface area (Å²) >= 11 is 0. The van der Waals surface area contributed by atoms with Gasteiger partial charge in [0.1, 0.15) is 6.61 Å². The van der Waals surface area contributed by atoms with E-state index in [9.17, 15) is 13.2 Å². The number of carbonyl (C=O) groups excluding carboxylic acids is 1. The van der Waals surface area contributed by atoms with E-state index in [4.69, 9.17) is 9.47 Å². The molecule has 1 N–H and O–H groups in total. The summed E-state index contributed by atoms with van der Waals surface area (Å²) < 4.78 is 34.5. The SMILES string of the molecule is CCOc1cc(C=NNC(=O)C2CCS(=O)(=O)C2)ccc1OCc1ccccc1. The van der Waals surface area contributed by atoms with E-state index in [1.165, 1.54) is 6.21 Å². The Morgan fingerprint density at radius 2 is 1.97 bits per heavy atom. The molecule has 0 spiro atoms. The van der Waals surface area contributed by atoms with Crippen LogP contribution in [0.2, 0.25) is 0 Å². The number of benzene rings is 2. The zero-order valence-electron chi connectivity index (χ0n) is 16.2. The number of rotatable bonds is 8. The third-order valence-corrected chi connectivity index (χ3v) is 6.26. The van der Waals surface area contributed by atoms with E-state index in [0.717, 1.165) is 11.1 Å².